The van der Waals surface area contributed by atoms with Crippen molar-refractivity contribution < 1.29 is 23.9 Å². The number of rotatable bonds is 8. The number of carbonyl (C=O) groups is 4. The molecule has 8 nitrogen and oxygen atoms in total. The average Bonchev–Trinajstić information content (AvgIpc) is 3.07. The summed E-state index contributed by atoms with van der Waals surface area (Å²) in [6, 6.07) is -2.56. The van der Waals surface area contributed by atoms with Crippen LogP contribution in [0.15, 0.2) is 25.3 Å². The van der Waals surface area contributed by atoms with E-state index in [1.807, 2.05) is 0 Å². The first-order valence-electron chi connectivity index (χ1n) is 9.73. The first-order valence-corrected chi connectivity index (χ1v) is 9.73. The minimum Gasteiger partial charge on any atom is -0.444 e. The van der Waals surface area contributed by atoms with Crippen LogP contribution in [-0.4, -0.2) is 70.8 Å². The molecule has 0 radical (unpaired) electrons. The van der Waals surface area contributed by atoms with Crippen LogP contribution < -0.4 is 5.32 Å². The zero-order chi connectivity index (χ0) is 22.4. The van der Waals surface area contributed by atoms with E-state index < -0.39 is 35.7 Å². The molecule has 1 heterocycles. The number of likely N-dealkylation sites (tertiary alicyclic amines) is 1. The molecule has 1 aliphatic heterocycles. The lowest BCUT2D eigenvalue weighted by molar-refractivity contribution is -0.140. The lowest BCUT2D eigenvalue weighted by Crippen LogP contribution is -2.56. The van der Waals surface area contributed by atoms with E-state index in [0.29, 0.717) is 12.8 Å². The third kappa shape index (κ3) is 6.44. The molecule has 1 rings (SSSR count). The van der Waals surface area contributed by atoms with E-state index in [1.54, 1.807) is 33.8 Å². The molecule has 8 heteroatoms. The molecule has 0 aromatic carbocycles. The zero-order valence-corrected chi connectivity index (χ0v) is 18.0. The lowest BCUT2D eigenvalue weighted by Gasteiger charge is -2.32. The molecule has 1 saturated heterocycles. The number of hydrogen-bond donors (Lipinski definition) is 1. The van der Waals surface area contributed by atoms with Crippen LogP contribution in [0.25, 0.3) is 0 Å². The highest BCUT2D eigenvalue weighted by molar-refractivity contribution is 5.92. The molecule has 1 fully saturated rings. The maximum Gasteiger partial charge on any atom is 0.410 e. The van der Waals surface area contributed by atoms with E-state index in [9.17, 15) is 19.2 Å². The van der Waals surface area contributed by atoms with E-state index >= 15 is 0 Å². The first-order chi connectivity index (χ1) is 13.5. The van der Waals surface area contributed by atoms with E-state index in [4.69, 9.17) is 4.74 Å². The Balaban J connectivity index is 2.91. The van der Waals surface area contributed by atoms with Crippen molar-refractivity contribution >= 4 is 24.2 Å². The highest BCUT2D eigenvalue weighted by Gasteiger charge is 2.39. The van der Waals surface area contributed by atoms with Gasteiger partial charge < -0.3 is 19.7 Å². The van der Waals surface area contributed by atoms with Gasteiger partial charge in [-0.1, -0.05) is 12.2 Å². The molecule has 0 spiro atoms. The minimum absolute atomic E-state index is 0.194. The maximum absolute atomic E-state index is 13.1. The van der Waals surface area contributed by atoms with Crippen LogP contribution in [0.1, 0.15) is 47.0 Å². The number of nitrogens with zero attached hydrogens (tertiary/aromatic N) is 2. The molecular weight excluding hydrogens is 374 g/mol. The Morgan fingerprint density at radius 2 is 1.83 bits per heavy atom. The Bertz CT molecular complexity index is 639. The van der Waals surface area contributed by atoms with Crippen LogP contribution in [-0.2, 0) is 19.1 Å². The van der Waals surface area contributed by atoms with Crippen molar-refractivity contribution in [3.05, 3.63) is 25.3 Å². The predicted molar refractivity (Wildman–Crippen MR) is 110 cm³/mol. The molecule has 1 unspecified atom stereocenters. The van der Waals surface area contributed by atoms with Gasteiger partial charge in [0.05, 0.1) is 12.1 Å². The van der Waals surface area contributed by atoms with Gasteiger partial charge in [-0.25, -0.2) is 4.79 Å². The smallest absolute Gasteiger partial charge is 0.410 e. The van der Waals surface area contributed by atoms with Crippen molar-refractivity contribution in [2.24, 2.45) is 0 Å². The summed E-state index contributed by atoms with van der Waals surface area (Å²) in [7, 11) is 1.46. The number of amides is 3. The van der Waals surface area contributed by atoms with E-state index in [1.165, 1.54) is 22.9 Å². The van der Waals surface area contributed by atoms with Crippen molar-refractivity contribution in [3.63, 3.8) is 0 Å². The molecule has 3 amide bonds. The fourth-order valence-corrected chi connectivity index (χ4v) is 3.09. The van der Waals surface area contributed by atoms with Gasteiger partial charge in [-0.2, -0.15) is 0 Å². The third-order valence-corrected chi connectivity index (χ3v) is 4.82. The van der Waals surface area contributed by atoms with Gasteiger partial charge in [0.25, 0.3) is 0 Å². The fourth-order valence-electron chi connectivity index (χ4n) is 3.09. The summed E-state index contributed by atoms with van der Waals surface area (Å²) in [5.41, 5.74) is -0.692. The highest BCUT2D eigenvalue weighted by atomic mass is 16.6. The van der Waals surface area contributed by atoms with Crippen LogP contribution in [0.4, 0.5) is 4.79 Å². The van der Waals surface area contributed by atoms with Crippen molar-refractivity contribution in [3.8, 4) is 0 Å². The summed E-state index contributed by atoms with van der Waals surface area (Å²) < 4.78 is 5.27. The highest BCUT2D eigenvalue weighted by Crippen LogP contribution is 2.25. The number of hydrogen-bond acceptors (Lipinski definition) is 5. The summed E-state index contributed by atoms with van der Waals surface area (Å²) in [6.45, 7) is 14.1. The standard InChI is InChI=1S/C21H33N3O5/c1-8-10-17(19(27)24-15(9-2)11-12-16(24)13-25)22-18(26)14(3)23(7)20(28)29-21(4,5)6/h8-9,13-17H,1-2,10-12H2,3-7H3,(H,22,26)/t14-,15?,16-,17-/m0/s1. The molecule has 29 heavy (non-hydrogen) atoms. The summed E-state index contributed by atoms with van der Waals surface area (Å²) in [5, 5.41) is 2.68. The van der Waals surface area contributed by atoms with Crippen molar-refractivity contribution in [1.29, 1.82) is 0 Å². The minimum atomic E-state index is -0.891. The number of nitrogens with one attached hydrogen (secondary N) is 1. The summed E-state index contributed by atoms with van der Waals surface area (Å²) in [6.07, 6.45) is 4.66. The van der Waals surface area contributed by atoms with Crippen LogP contribution in [0.5, 0.6) is 0 Å². The Hall–Kier alpha value is -2.64. The lowest BCUT2D eigenvalue weighted by atomic mass is 10.1. The van der Waals surface area contributed by atoms with E-state index in [-0.39, 0.29) is 18.4 Å². The quantitative estimate of drug-likeness (QED) is 0.491. The summed E-state index contributed by atoms with van der Waals surface area (Å²) >= 11 is 0. The maximum atomic E-state index is 13.1. The number of aldehydes is 1. The van der Waals surface area contributed by atoms with Gasteiger partial charge in [0, 0.05) is 7.05 Å². The summed E-state index contributed by atoms with van der Waals surface area (Å²) in [4.78, 5) is 52.0. The van der Waals surface area contributed by atoms with Crippen LogP contribution in [0, 0.1) is 0 Å². The van der Waals surface area contributed by atoms with E-state index in [2.05, 4.69) is 18.5 Å². The second-order valence-electron chi connectivity index (χ2n) is 8.18. The zero-order valence-electron chi connectivity index (χ0n) is 18.0. The second kappa shape index (κ2) is 10.2. The van der Waals surface area contributed by atoms with Gasteiger partial charge in [-0.3, -0.25) is 14.5 Å². The Morgan fingerprint density at radius 1 is 1.24 bits per heavy atom. The van der Waals surface area contributed by atoms with Crippen molar-refractivity contribution in [2.45, 2.75) is 76.7 Å². The topological polar surface area (TPSA) is 96.0 Å². The molecule has 1 N–H and O–H groups in total. The van der Waals surface area contributed by atoms with Gasteiger partial charge >= 0.3 is 6.09 Å². The van der Waals surface area contributed by atoms with Gasteiger partial charge in [0.1, 0.15) is 24.0 Å². The molecule has 0 saturated carbocycles. The molecule has 0 bridgehead atoms. The van der Waals surface area contributed by atoms with Gasteiger partial charge in [-0.05, 0) is 47.0 Å². The number of carbonyl (C=O) groups excluding carboxylic acids is 4. The monoisotopic (exact) mass is 407 g/mol. The second-order valence-corrected chi connectivity index (χ2v) is 8.18. The molecule has 1 aliphatic rings. The fraction of sp³-hybridized carbons (Fsp3) is 0.619. The molecular formula is C21H33N3O5. The SMILES string of the molecule is C=CC[C@H](NC(=O)[C@H](C)N(C)C(=O)OC(C)(C)C)C(=O)N1C(C=C)CC[C@H]1C=O. The number of ether oxygens (including phenoxy) is 1. The van der Waals surface area contributed by atoms with Crippen LogP contribution in [0.2, 0.25) is 0 Å². The normalized spacial score (nSPS) is 20.9. The Labute approximate surface area is 172 Å². The third-order valence-electron chi connectivity index (χ3n) is 4.82. The molecule has 0 aromatic rings. The van der Waals surface area contributed by atoms with Crippen molar-refractivity contribution in [1.82, 2.24) is 15.1 Å². The number of likely N-dealkylation sites (N-methyl/N-ethyl adjacent to an activating group) is 1. The van der Waals surface area contributed by atoms with Gasteiger partial charge in [0.2, 0.25) is 11.8 Å². The van der Waals surface area contributed by atoms with Crippen molar-refractivity contribution in [2.75, 3.05) is 7.05 Å². The first kappa shape index (κ1) is 24.4. The van der Waals surface area contributed by atoms with Gasteiger partial charge in [0.15, 0.2) is 0 Å². The average molecular weight is 408 g/mol. The molecule has 4 atom stereocenters. The Kier molecular flexibility index (Phi) is 8.60. The predicted octanol–water partition coefficient (Wildman–Crippen LogP) is 2.05. The molecule has 0 aliphatic carbocycles. The van der Waals surface area contributed by atoms with Crippen LogP contribution >= 0.6 is 0 Å². The molecule has 0 aromatic heterocycles. The Morgan fingerprint density at radius 3 is 2.31 bits per heavy atom. The largest absolute Gasteiger partial charge is 0.444 e. The van der Waals surface area contributed by atoms with Gasteiger partial charge in [-0.15, -0.1) is 13.2 Å². The van der Waals surface area contributed by atoms with E-state index in [0.717, 1.165) is 6.29 Å². The molecule has 162 valence electrons. The summed E-state index contributed by atoms with van der Waals surface area (Å²) in [5.74, 6) is -0.875. The van der Waals surface area contributed by atoms with Crippen LogP contribution in [0.3, 0.4) is 0 Å².